The molecule has 5 heteroatoms. The van der Waals surface area contributed by atoms with E-state index in [1.165, 1.54) is 5.56 Å². The summed E-state index contributed by atoms with van der Waals surface area (Å²) in [6, 6.07) is 10.4. The lowest BCUT2D eigenvalue weighted by molar-refractivity contribution is -0.0426. The normalized spacial score (nSPS) is 19.4. The molecule has 1 aromatic heterocycles. The Labute approximate surface area is 137 Å². The van der Waals surface area contributed by atoms with Crippen LogP contribution in [0.4, 0.5) is 0 Å². The summed E-state index contributed by atoms with van der Waals surface area (Å²) in [4.78, 5) is 4.54. The molecule has 0 spiro atoms. The van der Waals surface area contributed by atoms with Gasteiger partial charge in [0.1, 0.15) is 5.69 Å². The highest BCUT2D eigenvalue weighted by Crippen LogP contribution is 2.21. The second-order valence-corrected chi connectivity index (χ2v) is 6.53. The van der Waals surface area contributed by atoms with Crippen LogP contribution in [0.3, 0.4) is 0 Å². The van der Waals surface area contributed by atoms with Crippen LogP contribution in [-0.2, 0) is 11.3 Å². The van der Waals surface area contributed by atoms with Crippen LogP contribution < -0.4 is 0 Å². The Kier molecular flexibility index (Phi) is 5.10. The van der Waals surface area contributed by atoms with Crippen molar-refractivity contribution in [1.29, 1.82) is 0 Å². The molecular weight excluding hydrogens is 290 g/mol. The zero-order chi connectivity index (χ0) is 16.2. The average Bonchev–Trinajstić information content (AvgIpc) is 2.96. The first-order chi connectivity index (χ1) is 11.1. The van der Waals surface area contributed by atoms with Gasteiger partial charge in [-0.25, -0.2) is 0 Å². The molecule has 0 radical (unpaired) electrons. The Morgan fingerprint density at radius 1 is 1.26 bits per heavy atom. The van der Waals surface area contributed by atoms with E-state index in [1.54, 1.807) is 0 Å². The SMILES string of the molecule is Cc1ccc(-c2cc(CN3CCOC(CN(C)C)C3)on2)cc1. The van der Waals surface area contributed by atoms with Crippen molar-refractivity contribution in [2.75, 3.05) is 40.3 Å². The van der Waals surface area contributed by atoms with E-state index in [-0.39, 0.29) is 6.10 Å². The summed E-state index contributed by atoms with van der Waals surface area (Å²) in [7, 11) is 4.15. The minimum atomic E-state index is 0.262. The number of likely N-dealkylation sites (N-methyl/N-ethyl adjacent to an activating group) is 1. The number of nitrogens with zero attached hydrogens (tertiary/aromatic N) is 3. The van der Waals surface area contributed by atoms with Gasteiger partial charge in [-0.1, -0.05) is 35.0 Å². The zero-order valence-electron chi connectivity index (χ0n) is 14.2. The standard InChI is InChI=1S/C18H25N3O2/c1-14-4-6-15(7-5-14)18-10-16(23-19-18)12-21-8-9-22-17(13-21)11-20(2)3/h4-7,10,17H,8-9,11-13H2,1-3H3. The molecule has 1 unspecified atom stereocenters. The maximum absolute atomic E-state index is 5.81. The molecule has 1 atom stereocenters. The molecule has 0 N–H and O–H groups in total. The highest BCUT2D eigenvalue weighted by atomic mass is 16.5. The Balaban J connectivity index is 1.61. The van der Waals surface area contributed by atoms with Crippen molar-refractivity contribution >= 4 is 0 Å². The molecule has 2 heterocycles. The monoisotopic (exact) mass is 315 g/mol. The van der Waals surface area contributed by atoms with Gasteiger partial charge in [0.15, 0.2) is 5.76 Å². The first kappa shape index (κ1) is 16.2. The fraction of sp³-hybridized carbons (Fsp3) is 0.500. The largest absolute Gasteiger partial charge is 0.374 e. The number of hydrogen-bond acceptors (Lipinski definition) is 5. The first-order valence-corrected chi connectivity index (χ1v) is 8.11. The Morgan fingerprint density at radius 2 is 2.04 bits per heavy atom. The zero-order valence-corrected chi connectivity index (χ0v) is 14.2. The minimum absolute atomic E-state index is 0.262. The second kappa shape index (κ2) is 7.25. The van der Waals surface area contributed by atoms with Gasteiger partial charge in [0.05, 0.1) is 19.3 Å². The van der Waals surface area contributed by atoms with Gasteiger partial charge in [-0.2, -0.15) is 0 Å². The molecule has 1 saturated heterocycles. The molecule has 0 aliphatic carbocycles. The maximum Gasteiger partial charge on any atom is 0.151 e. The molecule has 5 nitrogen and oxygen atoms in total. The summed E-state index contributed by atoms with van der Waals surface area (Å²) in [5.74, 6) is 0.908. The van der Waals surface area contributed by atoms with Gasteiger partial charge in [-0.3, -0.25) is 4.90 Å². The Morgan fingerprint density at radius 3 is 2.78 bits per heavy atom. The third-order valence-corrected chi connectivity index (χ3v) is 4.08. The maximum atomic E-state index is 5.81. The Hall–Kier alpha value is -1.69. The summed E-state index contributed by atoms with van der Waals surface area (Å²) < 4.78 is 11.3. The number of hydrogen-bond donors (Lipinski definition) is 0. The van der Waals surface area contributed by atoms with E-state index >= 15 is 0 Å². The van der Waals surface area contributed by atoms with E-state index in [0.29, 0.717) is 0 Å². The molecule has 1 aromatic carbocycles. The van der Waals surface area contributed by atoms with Crippen LogP contribution in [0, 0.1) is 6.92 Å². The molecule has 1 fully saturated rings. The average molecular weight is 315 g/mol. The molecule has 0 saturated carbocycles. The van der Waals surface area contributed by atoms with Gasteiger partial charge >= 0.3 is 0 Å². The predicted molar refractivity (Wildman–Crippen MR) is 90.2 cm³/mol. The lowest BCUT2D eigenvalue weighted by Crippen LogP contribution is -2.45. The van der Waals surface area contributed by atoms with Gasteiger partial charge in [-0.05, 0) is 21.0 Å². The van der Waals surface area contributed by atoms with Crippen molar-refractivity contribution in [3.8, 4) is 11.3 Å². The molecule has 3 rings (SSSR count). The number of rotatable bonds is 5. The number of morpholine rings is 1. The highest BCUT2D eigenvalue weighted by Gasteiger charge is 2.22. The van der Waals surface area contributed by atoms with Crippen molar-refractivity contribution in [3.05, 3.63) is 41.7 Å². The predicted octanol–water partition coefficient (Wildman–Crippen LogP) is 2.41. The van der Waals surface area contributed by atoms with Gasteiger partial charge < -0.3 is 14.2 Å². The van der Waals surface area contributed by atoms with Gasteiger partial charge in [0, 0.05) is 31.3 Å². The lowest BCUT2D eigenvalue weighted by Gasteiger charge is -2.33. The van der Waals surface area contributed by atoms with Crippen molar-refractivity contribution in [1.82, 2.24) is 15.0 Å². The van der Waals surface area contributed by atoms with E-state index in [0.717, 1.165) is 49.8 Å². The molecule has 2 aromatic rings. The fourth-order valence-electron chi connectivity index (χ4n) is 2.91. The van der Waals surface area contributed by atoms with E-state index in [1.807, 2.05) is 6.07 Å². The van der Waals surface area contributed by atoms with Crippen LogP contribution in [0.2, 0.25) is 0 Å². The number of aryl methyl sites for hydroxylation is 1. The topological polar surface area (TPSA) is 41.7 Å². The second-order valence-electron chi connectivity index (χ2n) is 6.53. The molecule has 0 bridgehead atoms. The quantitative estimate of drug-likeness (QED) is 0.847. The highest BCUT2D eigenvalue weighted by molar-refractivity contribution is 5.59. The molecular formula is C18H25N3O2. The van der Waals surface area contributed by atoms with E-state index in [9.17, 15) is 0 Å². The molecule has 124 valence electrons. The molecule has 1 aliphatic heterocycles. The van der Waals surface area contributed by atoms with E-state index < -0.39 is 0 Å². The number of benzene rings is 1. The summed E-state index contributed by atoms with van der Waals surface area (Å²) in [5, 5.41) is 4.21. The lowest BCUT2D eigenvalue weighted by atomic mass is 10.1. The van der Waals surface area contributed by atoms with Crippen LogP contribution >= 0.6 is 0 Å². The van der Waals surface area contributed by atoms with Crippen molar-refractivity contribution in [2.24, 2.45) is 0 Å². The third kappa shape index (κ3) is 4.41. The van der Waals surface area contributed by atoms with Crippen LogP contribution in [0.15, 0.2) is 34.9 Å². The first-order valence-electron chi connectivity index (χ1n) is 8.11. The summed E-state index contributed by atoms with van der Waals surface area (Å²) in [5.41, 5.74) is 3.24. The smallest absolute Gasteiger partial charge is 0.151 e. The summed E-state index contributed by atoms with van der Waals surface area (Å²) >= 11 is 0. The van der Waals surface area contributed by atoms with E-state index in [2.05, 4.69) is 60.2 Å². The third-order valence-electron chi connectivity index (χ3n) is 4.08. The van der Waals surface area contributed by atoms with Gasteiger partial charge in [0.2, 0.25) is 0 Å². The summed E-state index contributed by atoms with van der Waals surface area (Å²) in [6.07, 6.45) is 0.262. The van der Waals surface area contributed by atoms with Crippen LogP contribution in [-0.4, -0.2) is 61.4 Å². The molecule has 1 aliphatic rings. The van der Waals surface area contributed by atoms with Crippen LogP contribution in [0.25, 0.3) is 11.3 Å². The van der Waals surface area contributed by atoms with Gasteiger partial charge in [0.25, 0.3) is 0 Å². The minimum Gasteiger partial charge on any atom is -0.374 e. The van der Waals surface area contributed by atoms with Crippen molar-refractivity contribution in [2.45, 2.75) is 19.6 Å². The fourth-order valence-corrected chi connectivity index (χ4v) is 2.91. The number of aromatic nitrogens is 1. The summed E-state index contributed by atoms with van der Waals surface area (Å²) in [6.45, 7) is 6.45. The van der Waals surface area contributed by atoms with Crippen molar-refractivity contribution < 1.29 is 9.26 Å². The Bertz CT molecular complexity index is 621. The van der Waals surface area contributed by atoms with E-state index in [4.69, 9.17) is 9.26 Å². The number of ether oxygens (including phenoxy) is 1. The van der Waals surface area contributed by atoms with Crippen LogP contribution in [0.5, 0.6) is 0 Å². The van der Waals surface area contributed by atoms with Gasteiger partial charge in [-0.15, -0.1) is 0 Å². The van der Waals surface area contributed by atoms with Crippen LogP contribution in [0.1, 0.15) is 11.3 Å². The molecule has 23 heavy (non-hydrogen) atoms. The van der Waals surface area contributed by atoms with Crippen molar-refractivity contribution in [3.63, 3.8) is 0 Å². The molecule has 0 amide bonds.